The van der Waals surface area contributed by atoms with E-state index in [9.17, 15) is 9.59 Å². The molecule has 0 aliphatic heterocycles. The molecule has 0 aliphatic carbocycles. The van der Waals surface area contributed by atoms with Crippen LogP contribution in [0, 0.1) is 0 Å². The maximum absolute atomic E-state index is 12.5. The molecule has 0 saturated heterocycles. The molecule has 1 atom stereocenters. The Labute approximate surface area is 173 Å². The summed E-state index contributed by atoms with van der Waals surface area (Å²) >= 11 is 6.48. The Morgan fingerprint density at radius 2 is 1.76 bits per heavy atom. The summed E-state index contributed by atoms with van der Waals surface area (Å²) in [5.41, 5.74) is 2.82. The van der Waals surface area contributed by atoms with Crippen molar-refractivity contribution < 1.29 is 4.79 Å². The smallest absolute Gasteiger partial charge is 0.250 e. The van der Waals surface area contributed by atoms with Crippen LogP contribution in [0.25, 0.3) is 10.9 Å². The highest BCUT2D eigenvalue weighted by Gasteiger charge is 2.21. The van der Waals surface area contributed by atoms with Crippen LogP contribution >= 0.6 is 11.6 Å². The number of benzene rings is 2. The quantitative estimate of drug-likeness (QED) is 0.510. The molecule has 2 N–H and O–H groups in total. The molecule has 2 heterocycles. The van der Waals surface area contributed by atoms with Gasteiger partial charge in [0.15, 0.2) is 0 Å². The van der Waals surface area contributed by atoms with Gasteiger partial charge in [-0.05, 0) is 29.3 Å². The highest BCUT2D eigenvalue weighted by atomic mass is 35.5. The number of para-hydroxylation sites is 1. The van der Waals surface area contributed by atoms with Gasteiger partial charge in [-0.15, -0.1) is 0 Å². The van der Waals surface area contributed by atoms with Crippen LogP contribution in [0.1, 0.15) is 17.0 Å². The van der Waals surface area contributed by atoms with E-state index in [2.05, 4.69) is 16.4 Å². The van der Waals surface area contributed by atoms with Crippen LogP contribution in [-0.2, 0) is 11.3 Å². The number of nitrogens with one attached hydrogen (secondary N) is 2. The van der Waals surface area contributed by atoms with Crippen LogP contribution in [0.15, 0.2) is 83.9 Å². The van der Waals surface area contributed by atoms with Crippen molar-refractivity contribution in [3.05, 3.63) is 106 Å². The minimum Gasteiger partial charge on any atom is -0.361 e. The van der Waals surface area contributed by atoms with Gasteiger partial charge in [-0.2, -0.15) is 0 Å². The van der Waals surface area contributed by atoms with Crippen molar-refractivity contribution in [1.29, 1.82) is 0 Å². The number of H-pyrrole nitrogens is 1. The fourth-order valence-electron chi connectivity index (χ4n) is 3.55. The topological polar surface area (TPSA) is 66.9 Å². The van der Waals surface area contributed by atoms with Gasteiger partial charge in [0.2, 0.25) is 5.91 Å². The number of hydrogen-bond acceptors (Lipinski definition) is 2. The van der Waals surface area contributed by atoms with Gasteiger partial charge in [-0.1, -0.05) is 54.1 Å². The summed E-state index contributed by atoms with van der Waals surface area (Å²) in [7, 11) is 0. The van der Waals surface area contributed by atoms with Crippen LogP contribution in [-0.4, -0.2) is 22.0 Å². The van der Waals surface area contributed by atoms with Gasteiger partial charge in [-0.25, -0.2) is 0 Å². The largest absolute Gasteiger partial charge is 0.361 e. The van der Waals surface area contributed by atoms with Crippen molar-refractivity contribution >= 4 is 28.4 Å². The first-order chi connectivity index (χ1) is 14.1. The molecule has 0 saturated carbocycles. The second kappa shape index (κ2) is 8.37. The first-order valence-corrected chi connectivity index (χ1v) is 9.74. The van der Waals surface area contributed by atoms with E-state index >= 15 is 0 Å². The number of carbonyl (C=O) groups excluding carboxylic acids is 1. The number of halogens is 1. The van der Waals surface area contributed by atoms with Crippen molar-refractivity contribution in [3.8, 4) is 0 Å². The zero-order valence-electron chi connectivity index (χ0n) is 15.6. The summed E-state index contributed by atoms with van der Waals surface area (Å²) in [6.45, 7) is 0.342. The predicted octanol–water partition coefficient (Wildman–Crippen LogP) is 3.93. The molecule has 4 aromatic rings. The molecule has 146 valence electrons. The number of aromatic nitrogens is 2. The lowest BCUT2D eigenvalue weighted by Crippen LogP contribution is -2.34. The van der Waals surface area contributed by atoms with E-state index in [-0.39, 0.29) is 23.9 Å². The summed E-state index contributed by atoms with van der Waals surface area (Å²) in [4.78, 5) is 27.7. The molecule has 0 spiro atoms. The van der Waals surface area contributed by atoms with E-state index in [1.165, 1.54) is 10.6 Å². The molecule has 29 heavy (non-hydrogen) atoms. The third-order valence-corrected chi connectivity index (χ3v) is 5.34. The number of aromatic amines is 1. The summed E-state index contributed by atoms with van der Waals surface area (Å²) in [6, 6.07) is 20.5. The molecule has 2 aromatic carbocycles. The van der Waals surface area contributed by atoms with Crippen LogP contribution < -0.4 is 10.9 Å². The highest BCUT2D eigenvalue weighted by Crippen LogP contribution is 2.34. The molecule has 0 bridgehead atoms. The van der Waals surface area contributed by atoms with Crippen molar-refractivity contribution in [2.45, 2.75) is 12.5 Å². The molecule has 0 fully saturated rings. The fourth-order valence-corrected chi connectivity index (χ4v) is 3.81. The molecule has 2 aromatic heterocycles. The average molecular weight is 406 g/mol. The number of rotatable bonds is 6. The zero-order valence-corrected chi connectivity index (χ0v) is 16.4. The summed E-state index contributed by atoms with van der Waals surface area (Å²) in [5, 5.41) is 4.70. The SMILES string of the molecule is O=C(Cn1ccccc1=O)NC[C@@H](c1ccccc1Cl)c1c[nH]c2ccccc12. The molecule has 0 aliphatic rings. The van der Waals surface area contributed by atoms with Crippen LogP contribution in [0.5, 0.6) is 0 Å². The van der Waals surface area contributed by atoms with Gasteiger partial charge >= 0.3 is 0 Å². The first-order valence-electron chi connectivity index (χ1n) is 9.36. The number of carbonyl (C=O) groups is 1. The molecule has 0 radical (unpaired) electrons. The molecule has 4 rings (SSSR count). The summed E-state index contributed by atoms with van der Waals surface area (Å²) in [5.74, 6) is -0.355. The van der Waals surface area contributed by atoms with Crippen LogP contribution in [0.2, 0.25) is 5.02 Å². The first kappa shape index (κ1) is 19.0. The number of fused-ring (bicyclic) bond motifs is 1. The van der Waals surface area contributed by atoms with Crippen molar-refractivity contribution in [3.63, 3.8) is 0 Å². The third-order valence-electron chi connectivity index (χ3n) is 4.99. The summed E-state index contributed by atoms with van der Waals surface area (Å²) in [6.07, 6.45) is 3.57. The van der Waals surface area contributed by atoms with Crippen molar-refractivity contribution in [2.75, 3.05) is 6.54 Å². The lowest BCUT2D eigenvalue weighted by atomic mass is 9.90. The van der Waals surface area contributed by atoms with Gasteiger partial charge in [0, 0.05) is 46.8 Å². The second-order valence-electron chi connectivity index (χ2n) is 6.83. The number of nitrogens with zero attached hydrogens (tertiary/aromatic N) is 1. The monoisotopic (exact) mass is 405 g/mol. The molecule has 0 unspecified atom stereocenters. The Bertz CT molecular complexity index is 1210. The lowest BCUT2D eigenvalue weighted by Gasteiger charge is -2.19. The van der Waals surface area contributed by atoms with Gasteiger partial charge in [0.05, 0.1) is 0 Å². The van der Waals surface area contributed by atoms with E-state index in [1.807, 2.05) is 48.7 Å². The zero-order chi connectivity index (χ0) is 20.2. The molecule has 5 nitrogen and oxygen atoms in total. The third kappa shape index (κ3) is 4.10. The maximum atomic E-state index is 12.5. The van der Waals surface area contributed by atoms with Gasteiger partial charge in [0.1, 0.15) is 6.54 Å². The van der Waals surface area contributed by atoms with E-state index in [0.717, 1.165) is 22.0 Å². The van der Waals surface area contributed by atoms with E-state index in [1.54, 1.807) is 18.3 Å². The molecular formula is C23H20ClN3O2. The van der Waals surface area contributed by atoms with Crippen molar-refractivity contribution in [2.24, 2.45) is 0 Å². The van der Waals surface area contributed by atoms with E-state index in [0.29, 0.717) is 11.6 Å². The van der Waals surface area contributed by atoms with Gasteiger partial charge < -0.3 is 14.9 Å². The molecule has 6 heteroatoms. The normalized spacial score (nSPS) is 12.0. The standard InChI is InChI=1S/C23H20ClN3O2/c24-20-9-3-1-7-16(20)18(19-13-25-21-10-4-2-8-17(19)21)14-26-22(28)15-27-12-6-5-11-23(27)29/h1-13,18,25H,14-15H2,(H,26,28)/t18-/m0/s1. The van der Waals surface area contributed by atoms with Crippen LogP contribution in [0.4, 0.5) is 0 Å². The Hall–Kier alpha value is -3.31. The average Bonchev–Trinajstić information content (AvgIpc) is 3.15. The number of pyridine rings is 1. The van der Waals surface area contributed by atoms with Crippen LogP contribution in [0.3, 0.4) is 0 Å². The number of hydrogen-bond donors (Lipinski definition) is 2. The van der Waals surface area contributed by atoms with E-state index in [4.69, 9.17) is 11.6 Å². The Morgan fingerprint density at radius 1 is 1.00 bits per heavy atom. The van der Waals surface area contributed by atoms with Gasteiger partial charge in [0.25, 0.3) is 5.56 Å². The number of amides is 1. The maximum Gasteiger partial charge on any atom is 0.250 e. The Morgan fingerprint density at radius 3 is 2.59 bits per heavy atom. The predicted molar refractivity (Wildman–Crippen MR) is 115 cm³/mol. The van der Waals surface area contributed by atoms with Gasteiger partial charge in [-0.3, -0.25) is 9.59 Å². The lowest BCUT2D eigenvalue weighted by molar-refractivity contribution is -0.121. The highest BCUT2D eigenvalue weighted by molar-refractivity contribution is 6.31. The van der Waals surface area contributed by atoms with Crippen molar-refractivity contribution in [1.82, 2.24) is 14.9 Å². The minimum atomic E-state index is -0.227. The fraction of sp³-hybridized carbons (Fsp3) is 0.130. The molecular weight excluding hydrogens is 386 g/mol. The Balaban J connectivity index is 1.61. The Kier molecular flexibility index (Phi) is 5.49. The van der Waals surface area contributed by atoms with E-state index < -0.39 is 0 Å². The molecule has 1 amide bonds. The summed E-state index contributed by atoms with van der Waals surface area (Å²) < 4.78 is 1.38. The second-order valence-corrected chi connectivity index (χ2v) is 7.24. The minimum absolute atomic E-state index is 0.0250.